The molecule has 0 saturated carbocycles. The van der Waals surface area contributed by atoms with Crippen LogP contribution in [0.4, 0.5) is 4.39 Å². The average Bonchev–Trinajstić information content (AvgIpc) is 2.37. The maximum Gasteiger partial charge on any atom is 0.120 e. The Hall–Kier alpha value is -0.890. The summed E-state index contributed by atoms with van der Waals surface area (Å²) in [5, 5.41) is 0. The fourth-order valence-corrected chi connectivity index (χ4v) is 2.63. The zero-order valence-electron chi connectivity index (χ0n) is 10.6. The van der Waals surface area contributed by atoms with Gasteiger partial charge in [0.15, 0.2) is 0 Å². The van der Waals surface area contributed by atoms with Crippen LogP contribution in [0.3, 0.4) is 0 Å². The zero-order valence-corrected chi connectivity index (χ0v) is 10.6. The highest BCUT2D eigenvalue weighted by Gasteiger charge is 2.29. The Morgan fingerprint density at radius 3 is 2.71 bits per heavy atom. The van der Waals surface area contributed by atoms with Crippen molar-refractivity contribution in [2.75, 3.05) is 19.6 Å². The van der Waals surface area contributed by atoms with Crippen LogP contribution in [0, 0.1) is 0 Å². The molecule has 17 heavy (non-hydrogen) atoms. The minimum Gasteiger partial charge on any atom is -0.300 e. The number of likely N-dealkylation sites (tertiary alicyclic amines) is 1. The summed E-state index contributed by atoms with van der Waals surface area (Å²) in [6.45, 7) is 4.89. The molecule has 94 valence electrons. The Morgan fingerprint density at radius 1 is 1.29 bits per heavy atom. The molecule has 1 heterocycles. The van der Waals surface area contributed by atoms with Gasteiger partial charge in [0.2, 0.25) is 0 Å². The number of nitrogens with zero attached hydrogens (tertiary/aromatic N) is 1. The monoisotopic (exact) mass is 235 g/mol. The molecule has 0 bridgehead atoms. The van der Waals surface area contributed by atoms with Crippen LogP contribution in [0.25, 0.3) is 0 Å². The largest absolute Gasteiger partial charge is 0.300 e. The highest BCUT2D eigenvalue weighted by molar-refractivity contribution is 5.21. The van der Waals surface area contributed by atoms with Crippen LogP contribution in [-0.2, 0) is 0 Å². The van der Waals surface area contributed by atoms with Gasteiger partial charge in [0.25, 0.3) is 0 Å². The van der Waals surface area contributed by atoms with Crippen molar-refractivity contribution in [2.24, 2.45) is 0 Å². The Kier molecular flexibility index (Phi) is 4.55. The van der Waals surface area contributed by atoms with E-state index in [2.05, 4.69) is 24.0 Å². The van der Waals surface area contributed by atoms with Crippen LogP contribution >= 0.6 is 0 Å². The van der Waals surface area contributed by atoms with Crippen molar-refractivity contribution in [1.82, 2.24) is 4.90 Å². The van der Waals surface area contributed by atoms with Gasteiger partial charge in [0, 0.05) is 12.5 Å². The molecule has 1 fully saturated rings. The molecular weight excluding hydrogens is 213 g/mol. The summed E-state index contributed by atoms with van der Waals surface area (Å²) in [5.41, 5.74) is 1.16. The lowest BCUT2D eigenvalue weighted by Gasteiger charge is -2.34. The first-order valence-corrected chi connectivity index (χ1v) is 6.72. The number of hydrogen-bond donors (Lipinski definition) is 0. The van der Waals surface area contributed by atoms with Crippen LogP contribution < -0.4 is 0 Å². The maximum absolute atomic E-state index is 14.2. The minimum absolute atomic E-state index is 0.106. The van der Waals surface area contributed by atoms with Gasteiger partial charge in [-0.05, 0) is 31.5 Å². The third-order valence-corrected chi connectivity index (χ3v) is 3.68. The molecule has 2 atom stereocenters. The maximum atomic E-state index is 14.2. The molecule has 2 heteroatoms. The van der Waals surface area contributed by atoms with Gasteiger partial charge < -0.3 is 4.90 Å². The van der Waals surface area contributed by atoms with Gasteiger partial charge in [0.1, 0.15) is 6.17 Å². The van der Waals surface area contributed by atoms with E-state index in [0.717, 1.165) is 25.1 Å². The van der Waals surface area contributed by atoms with Gasteiger partial charge >= 0.3 is 0 Å². The van der Waals surface area contributed by atoms with Crippen LogP contribution in [0.5, 0.6) is 0 Å². The summed E-state index contributed by atoms with van der Waals surface area (Å²) >= 11 is 0. The second-order valence-corrected chi connectivity index (χ2v) is 4.98. The molecular formula is C15H22FN. The molecule has 1 saturated heterocycles. The van der Waals surface area contributed by atoms with E-state index in [1.807, 2.05) is 18.2 Å². The van der Waals surface area contributed by atoms with E-state index >= 15 is 0 Å². The molecule has 2 unspecified atom stereocenters. The van der Waals surface area contributed by atoms with Crippen molar-refractivity contribution in [1.29, 1.82) is 0 Å². The predicted molar refractivity (Wildman–Crippen MR) is 70.0 cm³/mol. The zero-order chi connectivity index (χ0) is 12.1. The summed E-state index contributed by atoms with van der Waals surface area (Å²) in [5.74, 6) is 0.106. The molecule has 1 aromatic carbocycles. The predicted octanol–water partition coefficient (Wildman–Crippen LogP) is 3.61. The molecule has 0 radical (unpaired) electrons. The lowest BCUT2D eigenvalue weighted by atomic mass is 9.88. The van der Waals surface area contributed by atoms with Gasteiger partial charge in [-0.25, -0.2) is 4.39 Å². The Morgan fingerprint density at radius 2 is 2.06 bits per heavy atom. The Balaban J connectivity index is 1.92. The third-order valence-electron chi connectivity index (χ3n) is 3.68. The highest BCUT2D eigenvalue weighted by Crippen LogP contribution is 2.30. The van der Waals surface area contributed by atoms with Gasteiger partial charge in [-0.15, -0.1) is 0 Å². The number of alkyl halides is 1. The van der Waals surface area contributed by atoms with Gasteiger partial charge in [0.05, 0.1) is 0 Å². The normalized spacial score (nSPS) is 26.0. The fraction of sp³-hybridized carbons (Fsp3) is 0.600. The van der Waals surface area contributed by atoms with E-state index in [-0.39, 0.29) is 5.92 Å². The van der Waals surface area contributed by atoms with Crippen molar-refractivity contribution in [3.8, 4) is 0 Å². The first-order valence-electron chi connectivity index (χ1n) is 6.72. The summed E-state index contributed by atoms with van der Waals surface area (Å²) < 4.78 is 14.2. The second kappa shape index (κ2) is 6.15. The second-order valence-electron chi connectivity index (χ2n) is 4.98. The van der Waals surface area contributed by atoms with Crippen LogP contribution in [0.15, 0.2) is 30.3 Å². The van der Waals surface area contributed by atoms with Crippen molar-refractivity contribution in [3.05, 3.63) is 35.9 Å². The van der Waals surface area contributed by atoms with Crippen LogP contribution in [-0.4, -0.2) is 30.7 Å². The van der Waals surface area contributed by atoms with Crippen molar-refractivity contribution in [3.63, 3.8) is 0 Å². The van der Waals surface area contributed by atoms with Gasteiger partial charge in [-0.3, -0.25) is 0 Å². The number of unbranched alkanes of at least 4 members (excludes halogenated alkanes) is 1. The lowest BCUT2D eigenvalue weighted by molar-refractivity contribution is 0.116. The van der Waals surface area contributed by atoms with Crippen LogP contribution in [0.1, 0.15) is 37.7 Å². The van der Waals surface area contributed by atoms with E-state index in [9.17, 15) is 4.39 Å². The van der Waals surface area contributed by atoms with E-state index in [4.69, 9.17) is 0 Å². The summed E-state index contributed by atoms with van der Waals surface area (Å²) in [4.78, 5) is 2.27. The average molecular weight is 235 g/mol. The summed E-state index contributed by atoms with van der Waals surface area (Å²) in [6.07, 6.45) is 2.62. The Labute approximate surface area is 104 Å². The molecule has 1 aromatic rings. The highest BCUT2D eigenvalue weighted by atomic mass is 19.1. The first kappa shape index (κ1) is 12.6. The van der Waals surface area contributed by atoms with E-state index in [0.29, 0.717) is 6.54 Å². The number of benzene rings is 1. The number of halogens is 1. The molecule has 0 N–H and O–H groups in total. The third kappa shape index (κ3) is 3.29. The van der Waals surface area contributed by atoms with Gasteiger partial charge in [-0.2, -0.15) is 0 Å². The quantitative estimate of drug-likeness (QED) is 0.770. The van der Waals surface area contributed by atoms with E-state index < -0.39 is 6.17 Å². The molecule has 2 rings (SSSR count). The summed E-state index contributed by atoms with van der Waals surface area (Å²) in [7, 11) is 0. The molecule has 0 aromatic heterocycles. The van der Waals surface area contributed by atoms with Crippen molar-refractivity contribution in [2.45, 2.75) is 38.3 Å². The Bertz CT molecular complexity index is 325. The molecule has 0 amide bonds. The molecule has 0 aliphatic carbocycles. The number of rotatable bonds is 4. The molecule has 1 nitrogen and oxygen atoms in total. The summed E-state index contributed by atoms with van der Waals surface area (Å²) in [6, 6.07) is 10.1. The van der Waals surface area contributed by atoms with Crippen molar-refractivity contribution >= 4 is 0 Å². The molecule has 1 aliphatic heterocycles. The molecule has 1 aliphatic rings. The standard InChI is InChI=1S/C15H22FN/c1-2-3-10-17-11-9-14(15(16)12-17)13-7-5-4-6-8-13/h4-8,14-15H,2-3,9-12H2,1H3. The van der Waals surface area contributed by atoms with Gasteiger partial charge in [-0.1, -0.05) is 43.7 Å². The smallest absolute Gasteiger partial charge is 0.120 e. The SMILES string of the molecule is CCCCN1CCC(c2ccccc2)C(F)C1. The fourth-order valence-electron chi connectivity index (χ4n) is 2.63. The number of piperidine rings is 1. The first-order chi connectivity index (χ1) is 8.31. The minimum atomic E-state index is -0.706. The van der Waals surface area contributed by atoms with Crippen LogP contribution in [0.2, 0.25) is 0 Å². The van der Waals surface area contributed by atoms with E-state index in [1.165, 1.54) is 12.8 Å². The van der Waals surface area contributed by atoms with Crippen molar-refractivity contribution < 1.29 is 4.39 Å². The molecule has 0 spiro atoms. The topological polar surface area (TPSA) is 3.24 Å². The van der Waals surface area contributed by atoms with E-state index in [1.54, 1.807) is 0 Å². The lowest BCUT2D eigenvalue weighted by Crippen LogP contribution is -2.41. The number of hydrogen-bond acceptors (Lipinski definition) is 1.